The molecule has 0 bridgehead atoms. The summed E-state index contributed by atoms with van der Waals surface area (Å²) in [6.07, 6.45) is 0. The number of carbonyl (C=O) groups excluding carboxylic acids is 1. The number of amides is 1. The molecule has 14 heavy (non-hydrogen) atoms. The molecule has 0 unspecified atom stereocenters. The first-order valence-corrected chi connectivity index (χ1v) is 4.92. The van der Waals surface area contributed by atoms with E-state index < -0.39 is 26.5 Å². The number of hydrogen-bond acceptors (Lipinski definition) is 4. The Kier molecular flexibility index (Phi) is 7.03. The van der Waals surface area contributed by atoms with Crippen LogP contribution in [0.1, 0.15) is 20.8 Å². The monoisotopic (exact) mass is 245 g/mol. The van der Waals surface area contributed by atoms with E-state index in [1.807, 2.05) is 0 Å². The summed E-state index contributed by atoms with van der Waals surface area (Å²) in [5.41, 5.74) is -0.593. The summed E-state index contributed by atoms with van der Waals surface area (Å²) < 4.78 is 31.0. The summed E-state index contributed by atoms with van der Waals surface area (Å²) in [4.78, 5) is 10.1. The van der Waals surface area contributed by atoms with Crippen LogP contribution in [0, 0.1) is 0 Å². The smallest absolute Gasteiger partial charge is 0.744 e. The van der Waals surface area contributed by atoms with Crippen LogP contribution in [-0.2, 0) is 14.9 Å². The van der Waals surface area contributed by atoms with Crippen molar-refractivity contribution in [3.05, 3.63) is 11.5 Å². The molecular weight excluding hydrogens is 233 g/mol. The van der Waals surface area contributed by atoms with Crippen LogP contribution in [0.2, 0.25) is 0 Å². The van der Waals surface area contributed by atoms with Gasteiger partial charge >= 0.3 is 51.4 Å². The summed E-state index contributed by atoms with van der Waals surface area (Å²) >= 11 is 0. The van der Waals surface area contributed by atoms with Gasteiger partial charge in [-0.15, -0.1) is 0 Å². The Balaban J connectivity index is 0. The standard InChI is InChI=1S/C7H13NO4S.K/c1-5(13(10,11)12)6(9)8-7(2,3)4;/h1H2,2-4H3,(H,8,9)(H,10,11,12);/q;+1/p-1. The second-order valence-corrected chi connectivity index (χ2v) is 4.98. The molecule has 0 spiro atoms. The molecule has 0 aliphatic heterocycles. The fourth-order valence-electron chi connectivity index (χ4n) is 0.524. The van der Waals surface area contributed by atoms with E-state index in [0.717, 1.165) is 0 Å². The van der Waals surface area contributed by atoms with E-state index in [2.05, 4.69) is 11.9 Å². The summed E-state index contributed by atoms with van der Waals surface area (Å²) in [5, 5.41) is 2.31. The topological polar surface area (TPSA) is 86.3 Å². The number of hydrogen-bond donors (Lipinski definition) is 1. The Morgan fingerprint density at radius 2 is 1.71 bits per heavy atom. The molecule has 7 heteroatoms. The van der Waals surface area contributed by atoms with Crippen LogP contribution in [0.15, 0.2) is 11.5 Å². The molecule has 0 radical (unpaired) electrons. The summed E-state index contributed by atoms with van der Waals surface area (Å²) in [6, 6.07) is 0. The Hall–Kier alpha value is 0.756. The molecule has 0 fully saturated rings. The quantitative estimate of drug-likeness (QED) is 0.318. The van der Waals surface area contributed by atoms with Crippen molar-refractivity contribution >= 4 is 16.0 Å². The molecule has 0 atom stereocenters. The number of nitrogens with one attached hydrogen (secondary N) is 1. The molecule has 0 saturated carbocycles. The fourth-order valence-corrected chi connectivity index (χ4v) is 0.802. The molecule has 76 valence electrons. The van der Waals surface area contributed by atoms with Crippen molar-refractivity contribution in [3.8, 4) is 0 Å². The minimum absolute atomic E-state index is 0. The van der Waals surface area contributed by atoms with Gasteiger partial charge in [-0.1, -0.05) is 6.58 Å². The Morgan fingerprint density at radius 1 is 1.36 bits per heavy atom. The predicted octanol–water partition coefficient (Wildman–Crippen LogP) is -3.04. The van der Waals surface area contributed by atoms with Crippen molar-refractivity contribution in [2.45, 2.75) is 26.3 Å². The molecule has 0 aromatic rings. The molecule has 0 rings (SSSR count). The zero-order chi connectivity index (χ0) is 10.9. The van der Waals surface area contributed by atoms with Gasteiger partial charge in [0, 0.05) is 5.54 Å². The fraction of sp³-hybridized carbons (Fsp3) is 0.571. The van der Waals surface area contributed by atoms with Crippen LogP contribution in [0.4, 0.5) is 0 Å². The molecule has 5 nitrogen and oxygen atoms in total. The van der Waals surface area contributed by atoms with E-state index in [0.29, 0.717) is 0 Å². The second kappa shape index (κ2) is 5.74. The Labute approximate surface area is 127 Å². The largest absolute Gasteiger partial charge is 1.00 e. The zero-order valence-corrected chi connectivity index (χ0v) is 12.7. The molecule has 0 aromatic heterocycles. The molecule has 0 saturated heterocycles. The van der Waals surface area contributed by atoms with Crippen LogP contribution in [0.5, 0.6) is 0 Å². The van der Waals surface area contributed by atoms with Crippen molar-refractivity contribution in [1.29, 1.82) is 0 Å². The third-order valence-corrected chi connectivity index (χ3v) is 1.83. The van der Waals surface area contributed by atoms with Gasteiger partial charge in [-0.3, -0.25) is 4.79 Å². The SMILES string of the molecule is C=C(C(=O)NC(C)(C)C)S(=O)(=O)[O-].[K+]. The van der Waals surface area contributed by atoms with E-state index in [4.69, 9.17) is 0 Å². The third-order valence-electron chi connectivity index (χ3n) is 1.04. The van der Waals surface area contributed by atoms with E-state index in [1.165, 1.54) is 0 Å². The van der Waals surface area contributed by atoms with Gasteiger partial charge in [0.25, 0.3) is 5.91 Å². The van der Waals surface area contributed by atoms with E-state index in [1.54, 1.807) is 20.8 Å². The number of carbonyl (C=O) groups is 1. The summed E-state index contributed by atoms with van der Waals surface area (Å²) in [5.74, 6) is -0.956. The van der Waals surface area contributed by atoms with Crippen molar-refractivity contribution in [2.75, 3.05) is 0 Å². The Bertz CT molecular complexity index is 328. The van der Waals surface area contributed by atoms with Crippen LogP contribution in [0.25, 0.3) is 0 Å². The summed E-state index contributed by atoms with van der Waals surface area (Å²) in [6.45, 7) is 7.88. The van der Waals surface area contributed by atoms with Gasteiger partial charge in [0.05, 0.1) is 0 Å². The number of rotatable bonds is 2. The molecule has 0 aliphatic rings. The van der Waals surface area contributed by atoms with Crippen LogP contribution in [0.3, 0.4) is 0 Å². The summed E-state index contributed by atoms with van der Waals surface area (Å²) in [7, 11) is -4.73. The first-order chi connectivity index (χ1) is 5.54. The van der Waals surface area contributed by atoms with Gasteiger partial charge in [-0.2, -0.15) is 0 Å². The maximum Gasteiger partial charge on any atom is 1.00 e. The normalized spacial score (nSPS) is 11.4. The molecule has 1 amide bonds. The van der Waals surface area contributed by atoms with Gasteiger partial charge in [-0.25, -0.2) is 8.42 Å². The van der Waals surface area contributed by atoms with Crippen molar-refractivity contribution in [2.24, 2.45) is 0 Å². The second-order valence-electron chi connectivity index (χ2n) is 3.58. The minimum Gasteiger partial charge on any atom is -0.744 e. The van der Waals surface area contributed by atoms with Crippen molar-refractivity contribution < 1.29 is 69.1 Å². The van der Waals surface area contributed by atoms with Crippen LogP contribution < -0.4 is 56.7 Å². The molecule has 0 aliphatic carbocycles. The molecular formula is C7H12KNO4S. The Morgan fingerprint density at radius 3 is 1.93 bits per heavy atom. The first kappa shape index (κ1) is 17.2. The molecule has 1 N–H and O–H groups in total. The maximum atomic E-state index is 11.0. The molecule has 0 heterocycles. The average molecular weight is 245 g/mol. The van der Waals surface area contributed by atoms with Crippen LogP contribution in [-0.4, -0.2) is 24.4 Å². The van der Waals surface area contributed by atoms with Gasteiger partial charge in [0.15, 0.2) is 0 Å². The zero-order valence-electron chi connectivity index (χ0n) is 8.75. The first-order valence-electron chi connectivity index (χ1n) is 3.51. The van der Waals surface area contributed by atoms with Crippen molar-refractivity contribution in [3.63, 3.8) is 0 Å². The van der Waals surface area contributed by atoms with E-state index in [-0.39, 0.29) is 51.4 Å². The molecule has 0 aromatic carbocycles. The van der Waals surface area contributed by atoms with Gasteiger partial charge < -0.3 is 9.87 Å². The minimum atomic E-state index is -4.73. The van der Waals surface area contributed by atoms with Crippen molar-refractivity contribution in [1.82, 2.24) is 5.32 Å². The van der Waals surface area contributed by atoms with Gasteiger partial charge in [0.1, 0.15) is 15.0 Å². The maximum absolute atomic E-state index is 11.0. The average Bonchev–Trinajstić information content (AvgIpc) is 1.79. The third kappa shape index (κ3) is 7.10. The van der Waals surface area contributed by atoms with Gasteiger partial charge in [-0.05, 0) is 20.8 Å². The predicted molar refractivity (Wildman–Crippen MR) is 46.7 cm³/mol. The van der Waals surface area contributed by atoms with E-state index >= 15 is 0 Å². The van der Waals surface area contributed by atoms with E-state index in [9.17, 15) is 17.8 Å². The van der Waals surface area contributed by atoms with Crippen LogP contribution >= 0.6 is 0 Å². The van der Waals surface area contributed by atoms with Gasteiger partial charge in [0.2, 0.25) is 0 Å².